The number of hydrogen-bond donors (Lipinski definition) is 3. The first-order valence-electron chi connectivity index (χ1n) is 7.17. The van der Waals surface area contributed by atoms with Crippen molar-refractivity contribution in [3.8, 4) is 0 Å². The number of aliphatic hydroxyl groups is 1. The lowest BCUT2D eigenvalue weighted by molar-refractivity contribution is 0.153. The number of aliphatic imine (C=N–C) groups is 1. The molecule has 0 amide bonds. The van der Waals surface area contributed by atoms with E-state index in [1.165, 1.54) is 6.26 Å². The van der Waals surface area contributed by atoms with E-state index in [1.54, 1.807) is 12.1 Å². The van der Waals surface area contributed by atoms with E-state index < -0.39 is 6.10 Å². The molecule has 0 radical (unpaired) electrons. The molecule has 2 aromatic rings. The van der Waals surface area contributed by atoms with Crippen LogP contribution < -0.4 is 10.6 Å². The van der Waals surface area contributed by atoms with E-state index in [4.69, 9.17) is 16.0 Å². The molecule has 1 aromatic heterocycles. The zero-order chi connectivity index (χ0) is 15.8. The largest absolute Gasteiger partial charge is 0.467 e. The molecule has 23 heavy (non-hydrogen) atoms. The number of aliphatic hydroxyl groups excluding tert-OH is 1. The quantitative estimate of drug-likeness (QED) is 0.359. The molecule has 3 N–H and O–H groups in total. The maximum Gasteiger partial charge on any atom is 0.191 e. The third-order valence-electron chi connectivity index (χ3n) is 2.99. The summed E-state index contributed by atoms with van der Waals surface area (Å²) in [7, 11) is 0. The minimum absolute atomic E-state index is 0. The molecule has 0 fully saturated rings. The summed E-state index contributed by atoms with van der Waals surface area (Å²) < 4.78 is 5.17. The summed E-state index contributed by atoms with van der Waals surface area (Å²) in [5, 5.41) is 16.9. The van der Waals surface area contributed by atoms with Crippen LogP contribution in [0.1, 0.15) is 24.4 Å². The van der Waals surface area contributed by atoms with E-state index in [9.17, 15) is 5.11 Å². The highest BCUT2D eigenvalue weighted by molar-refractivity contribution is 14.0. The molecule has 1 heterocycles. The molecule has 0 bridgehead atoms. The number of guanidine groups is 1. The van der Waals surface area contributed by atoms with Gasteiger partial charge in [0, 0.05) is 11.6 Å². The second kappa shape index (κ2) is 10.5. The lowest BCUT2D eigenvalue weighted by Gasteiger charge is -2.14. The van der Waals surface area contributed by atoms with Crippen LogP contribution >= 0.6 is 35.6 Å². The lowest BCUT2D eigenvalue weighted by atomic mass is 10.2. The van der Waals surface area contributed by atoms with Gasteiger partial charge in [0.25, 0.3) is 0 Å². The van der Waals surface area contributed by atoms with Crippen molar-refractivity contribution in [1.82, 2.24) is 10.6 Å². The van der Waals surface area contributed by atoms with Gasteiger partial charge in [0.1, 0.15) is 11.9 Å². The molecule has 7 heteroatoms. The number of benzene rings is 1. The molecule has 1 unspecified atom stereocenters. The first-order valence-corrected chi connectivity index (χ1v) is 7.55. The van der Waals surface area contributed by atoms with Crippen LogP contribution in [0.25, 0.3) is 0 Å². The maximum absolute atomic E-state index is 9.99. The third-order valence-corrected chi connectivity index (χ3v) is 3.22. The Labute approximate surface area is 158 Å². The Morgan fingerprint density at radius 2 is 2.13 bits per heavy atom. The summed E-state index contributed by atoms with van der Waals surface area (Å²) in [5.41, 5.74) is 1.02. The number of furan rings is 1. The molecule has 1 aromatic carbocycles. The fourth-order valence-corrected chi connectivity index (χ4v) is 2.14. The van der Waals surface area contributed by atoms with Crippen LogP contribution in [0.4, 0.5) is 0 Å². The Hall–Kier alpha value is -1.25. The van der Waals surface area contributed by atoms with Crippen molar-refractivity contribution in [2.45, 2.75) is 19.6 Å². The average Bonchev–Trinajstić information content (AvgIpc) is 3.04. The van der Waals surface area contributed by atoms with Crippen molar-refractivity contribution in [3.63, 3.8) is 0 Å². The lowest BCUT2D eigenvalue weighted by Crippen LogP contribution is -2.39. The van der Waals surface area contributed by atoms with Gasteiger partial charge in [-0.3, -0.25) is 0 Å². The summed E-state index contributed by atoms with van der Waals surface area (Å²) in [4.78, 5) is 4.47. The van der Waals surface area contributed by atoms with E-state index in [2.05, 4.69) is 15.6 Å². The van der Waals surface area contributed by atoms with Gasteiger partial charge in [0.15, 0.2) is 5.96 Å². The Morgan fingerprint density at radius 1 is 1.30 bits per heavy atom. The number of hydrogen-bond acceptors (Lipinski definition) is 3. The monoisotopic (exact) mass is 449 g/mol. The van der Waals surface area contributed by atoms with Gasteiger partial charge in [-0.2, -0.15) is 0 Å². The van der Waals surface area contributed by atoms with Crippen molar-refractivity contribution in [3.05, 3.63) is 59.0 Å². The Bertz CT molecular complexity index is 605. The van der Waals surface area contributed by atoms with Crippen molar-refractivity contribution in [2.75, 3.05) is 13.1 Å². The van der Waals surface area contributed by atoms with E-state index in [-0.39, 0.29) is 24.0 Å². The molecule has 0 saturated heterocycles. The van der Waals surface area contributed by atoms with Crippen LogP contribution in [-0.4, -0.2) is 24.2 Å². The summed E-state index contributed by atoms with van der Waals surface area (Å²) >= 11 is 5.96. The molecular formula is C16H21ClIN3O2. The van der Waals surface area contributed by atoms with Gasteiger partial charge in [-0.1, -0.05) is 23.7 Å². The van der Waals surface area contributed by atoms with E-state index in [0.717, 1.165) is 12.1 Å². The molecule has 5 nitrogen and oxygen atoms in total. The molecule has 0 aliphatic carbocycles. The van der Waals surface area contributed by atoms with Crippen LogP contribution in [0.3, 0.4) is 0 Å². The van der Waals surface area contributed by atoms with Crippen molar-refractivity contribution in [1.29, 1.82) is 0 Å². The van der Waals surface area contributed by atoms with Crippen LogP contribution in [0.2, 0.25) is 5.02 Å². The molecule has 0 saturated carbocycles. The summed E-state index contributed by atoms with van der Waals surface area (Å²) in [6.45, 7) is 3.54. The fraction of sp³-hybridized carbons (Fsp3) is 0.312. The molecule has 0 aliphatic rings. The van der Waals surface area contributed by atoms with E-state index in [0.29, 0.717) is 29.8 Å². The van der Waals surface area contributed by atoms with Crippen molar-refractivity contribution >= 4 is 41.5 Å². The topological polar surface area (TPSA) is 69.8 Å². The zero-order valence-corrected chi connectivity index (χ0v) is 15.9. The predicted octanol–water partition coefficient (Wildman–Crippen LogP) is 3.34. The fourth-order valence-electron chi connectivity index (χ4n) is 1.92. The predicted molar refractivity (Wildman–Crippen MR) is 103 cm³/mol. The van der Waals surface area contributed by atoms with Gasteiger partial charge in [-0.25, -0.2) is 4.99 Å². The second-order valence-electron chi connectivity index (χ2n) is 4.74. The molecule has 126 valence electrons. The summed E-state index contributed by atoms with van der Waals surface area (Å²) in [6, 6.07) is 11.1. The molecule has 0 spiro atoms. The van der Waals surface area contributed by atoms with Crippen molar-refractivity contribution < 1.29 is 9.52 Å². The zero-order valence-electron chi connectivity index (χ0n) is 12.8. The Kier molecular flexibility index (Phi) is 9.05. The van der Waals surface area contributed by atoms with Gasteiger partial charge in [-0.15, -0.1) is 24.0 Å². The summed E-state index contributed by atoms with van der Waals surface area (Å²) in [6.07, 6.45) is 0.821. The minimum atomic E-state index is -0.718. The maximum atomic E-state index is 9.99. The Balaban J connectivity index is 0.00000264. The van der Waals surface area contributed by atoms with Gasteiger partial charge >= 0.3 is 0 Å². The number of halogens is 2. The van der Waals surface area contributed by atoms with Gasteiger partial charge in [-0.05, 0) is 36.8 Å². The van der Waals surface area contributed by atoms with Crippen LogP contribution in [0.5, 0.6) is 0 Å². The van der Waals surface area contributed by atoms with E-state index in [1.807, 2.05) is 31.2 Å². The minimum Gasteiger partial charge on any atom is -0.467 e. The highest BCUT2D eigenvalue weighted by Crippen LogP contribution is 2.12. The normalized spacial score (nSPS) is 12.4. The van der Waals surface area contributed by atoms with Gasteiger partial charge < -0.3 is 20.2 Å². The van der Waals surface area contributed by atoms with Gasteiger partial charge in [0.2, 0.25) is 0 Å². The molecule has 1 atom stereocenters. The number of nitrogens with zero attached hydrogens (tertiary/aromatic N) is 1. The van der Waals surface area contributed by atoms with Crippen LogP contribution in [0.15, 0.2) is 52.1 Å². The number of nitrogens with one attached hydrogen (secondary N) is 2. The molecule has 0 aliphatic heterocycles. The third kappa shape index (κ3) is 6.80. The van der Waals surface area contributed by atoms with Gasteiger partial charge in [0.05, 0.1) is 19.4 Å². The molecular weight excluding hydrogens is 429 g/mol. The summed E-state index contributed by atoms with van der Waals surface area (Å²) in [5.74, 6) is 1.16. The number of rotatable bonds is 6. The highest BCUT2D eigenvalue weighted by Gasteiger charge is 2.10. The smallest absolute Gasteiger partial charge is 0.191 e. The second-order valence-corrected chi connectivity index (χ2v) is 5.17. The first kappa shape index (κ1) is 19.8. The SMILES string of the molecule is CCNC(=NCc1cccc(Cl)c1)NCC(O)c1ccco1.I. The Morgan fingerprint density at radius 3 is 2.78 bits per heavy atom. The molecule has 2 rings (SSSR count). The first-order chi connectivity index (χ1) is 10.7. The highest BCUT2D eigenvalue weighted by atomic mass is 127. The van der Waals surface area contributed by atoms with Crippen LogP contribution in [0, 0.1) is 0 Å². The average molecular weight is 450 g/mol. The van der Waals surface area contributed by atoms with Crippen molar-refractivity contribution in [2.24, 2.45) is 4.99 Å². The standard InChI is InChI=1S/C16H20ClN3O2.HI/c1-2-18-16(19-10-12-5-3-6-13(17)9-12)20-11-14(21)15-7-4-8-22-15;/h3-9,14,21H,2,10-11H2,1H3,(H2,18,19,20);1H. The van der Waals surface area contributed by atoms with Crippen LogP contribution in [-0.2, 0) is 6.54 Å². The van der Waals surface area contributed by atoms with E-state index >= 15 is 0 Å².